The summed E-state index contributed by atoms with van der Waals surface area (Å²) in [4.78, 5) is 8.55. The zero-order valence-electron chi connectivity index (χ0n) is 11.6. The van der Waals surface area contributed by atoms with Gasteiger partial charge in [0, 0.05) is 25.4 Å². The minimum Gasteiger partial charge on any atom is -0.396 e. The Labute approximate surface area is 121 Å². The maximum Gasteiger partial charge on any atom is 0.178 e. The number of aliphatic hydroxyl groups is 2. The summed E-state index contributed by atoms with van der Waals surface area (Å²) in [6.45, 7) is 1.57. The summed E-state index contributed by atoms with van der Waals surface area (Å²) >= 11 is 0. The monoisotopic (exact) mass is 287 g/mol. The highest BCUT2D eigenvalue weighted by molar-refractivity contribution is 5.76. The van der Waals surface area contributed by atoms with Gasteiger partial charge in [0.15, 0.2) is 5.65 Å². The van der Waals surface area contributed by atoms with Crippen LogP contribution >= 0.6 is 0 Å². The lowest BCUT2D eigenvalue weighted by atomic mass is 9.77. The van der Waals surface area contributed by atoms with E-state index in [4.69, 9.17) is 5.73 Å². The maximum absolute atomic E-state index is 11.2. The zero-order valence-corrected chi connectivity index (χ0v) is 11.6. The Balaban J connectivity index is 2.20. The number of nitrogens with zero attached hydrogens (tertiary/aromatic N) is 4. The minimum absolute atomic E-state index is 0.0900. The van der Waals surface area contributed by atoms with Gasteiger partial charge >= 0.3 is 0 Å². The molecule has 0 aromatic carbocycles. The lowest BCUT2D eigenvalue weighted by Crippen LogP contribution is -2.48. The molecule has 0 bridgehead atoms. The maximum atomic E-state index is 11.2. The van der Waals surface area contributed by atoms with Crippen LogP contribution in [0.4, 0.5) is 5.69 Å². The van der Waals surface area contributed by atoms with Crippen molar-refractivity contribution in [2.45, 2.75) is 24.5 Å². The molecule has 0 fully saturated rings. The molecule has 3 rings (SSSR count). The smallest absolute Gasteiger partial charge is 0.178 e. The van der Waals surface area contributed by atoms with Crippen molar-refractivity contribution in [1.29, 1.82) is 0 Å². The summed E-state index contributed by atoms with van der Waals surface area (Å²) in [5.41, 5.74) is 4.95. The molecule has 2 atom stereocenters. The number of aliphatic imine (C=N–C) groups is 1. The Kier molecular flexibility index (Phi) is 3.03. The lowest BCUT2D eigenvalue weighted by Gasteiger charge is -2.39. The summed E-state index contributed by atoms with van der Waals surface area (Å²) in [5, 5.41) is 24.7. The molecule has 0 radical (unpaired) electrons. The van der Waals surface area contributed by atoms with Gasteiger partial charge in [-0.1, -0.05) is 6.08 Å². The first-order chi connectivity index (χ1) is 10.0. The third-order valence-electron chi connectivity index (χ3n) is 4.03. The largest absolute Gasteiger partial charge is 0.396 e. The number of nitrogen functional groups attached to an aromatic ring is 1. The molecule has 110 valence electrons. The van der Waals surface area contributed by atoms with Crippen LogP contribution in [0.5, 0.6) is 0 Å². The van der Waals surface area contributed by atoms with E-state index in [9.17, 15) is 10.2 Å². The predicted molar refractivity (Wildman–Crippen MR) is 79.0 cm³/mol. The number of hydrogen-bond acceptors (Lipinski definition) is 6. The molecule has 2 aromatic heterocycles. The van der Waals surface area contributed by atoms with Crippen LogP contribution in [0.25, 0.3) is 5.65 Å². The van der Waals surface area contributed by atoms with Gasteiger partial charge in [0.1, 0.15) is 11.1 Å². The van der Waals surface area contributed by atoms with Gasteiger partial charge in [0.2, 0.25) is 0 Å². The Morgan fingerprint density at radius 2 is 2.29 bits per heavy atom. The molecule has 0 aliphatic carbocycles. The number of allylic oxidation sites excluding steroid dienone is 1. The van der Waals surface area contributed by atoms with Crippen molar-refractivity contribution in [3.63, 3.8) is 0 Å². The highest BCUT2D eigenvalue weighted by Gasteiger charge is 2.48. The second kappa shape index (κ2) is 4.64. The van der Waals surface area contributed by atoms with Gasteiger partial charge in [0.05, 0.1) is 17.6 Å². The van der Waals surface area contributed by atoms with E-state index in [1.807, 2.05) is 0 Å². The molecule has 2 aromatic rings. The summed E-state index contributed by atoms with van der Waals surface area (Å²) in [5.74, 6) is 0. The molecule has 0 saturated carbocycles. The van der Waals surface area contributed by atoms with Crippen molar-refractivity contribution in [3.8, 4) is 0 Å². The fourth-order valence-corrected chi connectivity index (χ4v) is 2.77. The van der Waals surface area contributed by atoms with E-state index in [2.05, 4.69) is 15.1 Å². The Bertz CT molecular complexity index is 720. The van der Waals surface area contributed by atoms with E-state index < -0.39 is 11.1 Å². The number of rotatable bonds is 4. The van der Waals surface area contributed by atoms with Crippen LogP contribution in [-0.2, 0) is 5.60 Å². The Hall–Kier alpha value is -2.25. The standard InChI is InChI=1S/C14H17N5O2/c1-13(21,14(5-8-20)4-2-6-17-14)11-3-7-16-12-10(15)9-18-19(11)12/h2-4,6-7,9,20-21H,5,8,15H2,1H3. The van der Waals surface area contributed by atoms with Crippen LogP contribution in [0.2, 0.25) is 0 Å². The van der Waals surface area contributed by atoms with Gasteiger partial charge in [-0.2, -0.15) is 5.10 Å². The molecule has 7 heteroatoms. The minimum atomic E-state index is -1.38. The van der Waals surface area contributed by atoms with Crippen LogP contribution in [-0.4, -0.2) is 43.2 Å². The van der Waals surface area contributed by atoms with E-state index >= 15 is 0 Å². The summed E-state index contributed by atoms with van der Waals surface area (Å²) in [6, 6.07) is 1.68. The first kappa shape index (κ1) is 13.7. The van der Waals surface area contributed by atoms with Crippen LogP contribution < -0.4 is 5.73 Å². The van der Waals surface area contributed by atoms with E-state index in [0.29, 0.717) is 23.4 Å². The van der Waals surface area contributed by atoms with E-state index in [1.165, 1.54) is 10.7 Å². The molecule has 7 nitrogen and oxygen atoms in total. The van der Waals surface area contributed by atoms with Crippen LogP contribution in [0.1, 0.15) is 19.0 Å². The van der Waals surface area contributed by atoms with Crippen molar-refractivity contribution in [1.82, 2.24) is 14.6 Å². The number of aliphatic hydroxyl groups excluding tert-OH is 1. The van der Waals surface area contributed by atoms with E-state index in [0.717, 1.165) is 0 Å². The second-order valence-corrected chi connectivity index (χ2v) is 5.27. The third kappa shape index (κ3) is 1.85. The third-order valence-corrected chi connectivity index (χ3v) is 4.03. The zero-order chi connectivity index (χ0) is 15.1. The highest BCUT2D eigenvalue weighted by atomic mass is 16.3. The number of aromatic nitrogens is 3. The van der Waals surface area contributed by atoms with Crippen molar-refractivity contribution >= 4 is 17.5 Å². The molecule has 1 aliphatic heterocycles. The second-order valence-electron chi connectivity index (χ2n) is 5.27. The van der Waals surface area contributed by atoms with Gasteiger partial charge in [-0.15, -0.1) is 0 Å². The van der Waals surface area contributed by atoms with E-state index in [-0.39, 0.29) is 6.61 Å². The quantitative estimate of drug-likeness (QED) is 0.748. The van der Waals surface area contributed by atoms with Gasteiger partial charge in [-0.3, -0.25) is 4.99 Å². The van der Waals surface area contributed by atoms with Crippen molar-refractivity contribution in [2.75, 3.05) is 12.3 Å². The number of fused-ring (bicyclic) bond motifs is 1. The fourth-order valence-electron chi connectivity index (χ4n) is 2.77. The van der Waals surface area contributed by atoms with Crippen LogP contribution in [0.3, 0.4) is 0 Å². The average Bonchev–Trinajstić information content (AvgIpc) is 3.08. The molecule has 0 spiro atoms. The van der Waals surface area contributed by atoms with Crippen molar-refractivity contribution in [3.05, 3.63) is 36.3 Å². The predicted octanol–water partition coefficient (Wildman–Crippen LogP) is 0.281. The molecule has 1 aliphatic rings. The molecule has 3 heterocycles. The highest BCUT2D eigenvalue weighted by Crippen LogP contribution is 2.41. The van der Waals surface area contributed by atoms with Gasteiger partial charge in [-0.25, -0.2) is 9.50 Å². The lowest BCUT2D eigenvalue weighted by molar-refractivity contribution is -0.0162. The molecule has 0 amide bonds. The van der Waals surface area contributed by atoms with E-state index in [1.54, 1.807) is 37.6 Å². The molecular weight excluding hydrogens is 270 g/mol. The first-order valence-corrected chi connectivity index (χ1v) is 6.67. The number of anilines is 1. The van der Waals surface area contributed by atoms with Gasteiger partial charge in [-0.05, 0) is 19.1 Å². The molecule has 21 heavy (non-hydrogen) atoms. The SMILES string of the molecule is CC(O)(c1ccnc2c(N)cnn12)C1(CCO)C=CC=N1. The summed E-state index contributed by atoms with van der Waals surface area (Å²) in [7, 11) is 0. The van der Waals surface area contributed by atoms with Gasteiger partial charge < -0.3 is 15.9 Å². The van der Waals surface area contributed by atoms with Crippen LogP contribution in [0, 0.1) is 0 Å². The first-order valence-electron chi connectivity index (χ1n) is 6.67. The molecule has 0 saturated heterocycles. The van der Waals surface area contributed by atoms with Crippen molar-refractivity contribution in [2.24, 2.45) is 4.99 Å². The number of nitrogens with two attached hydrogens (primary N) is 1. The Morgan fingerprint density at radius 1 is 1.48 bits per heavy atom. The summed E-state index contributed by atoms with van der Waals surface area (Å²) in [6.07, 6.45) is 8.55. The fraction of sp³-hybridized carbons (Fsp3) is 0.357. The molecular formula is C14H17N5O2. The summed E-state index contributed by atoms with van der Waals surface area (Å²) < 4.78 is 1.51. The van der Waals surface area contributed by atoms with Crippen LogP contribution in [0.15, 0.2) is 35.6 Å². The topological polar surface area (TPSA) is 109 Å². The normalized spacial score (nSPS) is 23.8. The van der Waals surface area contributed by atoms with Gasteiger partial charge in [0.25, 0.3) is 0 Å². The van der Waals surface area contributed by atoms with Crippen molar-refractivity contribution < 1.29 is 10.2 Å². The Morgan fingerprint density at radius 3 is 2.95 bits per heavy atom. The number of hydrogen-bond donors (Lipinski definition) is 3. The average molecular weight is 287 g/mol. The molecule has 2 unspecified atom stereocenters. The molecule has 4 N–H and O–H groups in total.